The van der Waals surface area contributed by atoms with Crippen LogP contribution in [0.2, 0.25) is 0 Å². The van der Waals surface area contributed by atoms with Gasteiger partial charge in [0.1, 0.15) is 0 Å². The molecule has 0 heterocycles. The van der Waals surface area contributed by atoms with E-state index in [0.29, 0.717) is 11.7 Å². The highest BCUT2D eigenvalue weighted by atomic mass is 32.2. The maximum atomic E-state index is 12.4. The van der Waals surface area contributed by atoms with E-state index < -0.39 is 10.0 Å². The van der Waals surface area contributed by atoms with Gasteiger partial charge in [0, 0.05) is 11.3 Å². The van der Waals surface area contributed by atoms with Gasteiger partial charge in [-0.1, -0.05) is 18.6 Å². The van der Waals surface area contributed by atoms with Crippen LogP contribution in [-0.4, -0.2) is 26.0 Å². The lowest BCUT2D eigenvalue weighted by molar-refractivity contribution is 0.421. The monoisotopic (exact) mass is 324 g/mol. The van der Waals surface area contributed by atoms with Gasteiger partial charge in [-0.15, -0.1) is 0 Å². The van der Waals surface area contributed by atoms with Gasteiger partial charge in [0.2, 0.25) is 10.0 Å². The zero-order valence-corrected chi connectivity index (χ0v) is 13.7. The van der Waals surface area contributed by atoms with Gasteiger partial charge in [-0.25, -0.2) is 13.1 Å². The third kappa shape index (κ3) is 4.47. The van der Waals surface area contributed by atoms with Crippen LogP contribution in [0.4, 0.5) is 0 Å². The van der Waals surface area contributed by atoms with Crippen LogP contribution in [0, 0.1) is 11.3 Å². The van der Waals surface area contributed by atoms with Crippen molar-refractivity contribution in [2.75, 3.05) is 6.26 Å². The van der Waals surface area contributed by atoms with Gasteiger partial charge in [0.05, 0.1) is 17.4 Å². The summed E-state index contributed by atoms with van der Waals surface area (Å²) in [7, 11) is -3.47. The normalized spacial score (nSPS) is 22.7. The van der Waals surface area contributed by atoms with Crippen LogP contribution in [0.1, 0.15) is 31.2 Å². The fourth-order valence-corrected chi connectivity index (χ4v) is 4.74. The molecule has 1 saturated carbocycles. The smallest absolute Gasteiger partial charge is 0.208 e. The molecule has 0 aromatic heterocycles. The second-order valence-corrected chi connectivity index (χ2v) is 8.17. The molecule has 0 saturated heterocycles. The molecule has 0 aliphatic heterocycles. The Balaban J connectivity index is 2.05. The van der Waals surface area contributed by atoms with Crippen molar-refractivity contribution in [1.29, 1.82) is 5.26 Å². The topological polar surface area (TPSA) is 70.0 Å². The van der Waals surface area contributed by atoms with E-state index in [1.165, 1.54) is 6.42 Å². The number of rotatable bonds is 5. The number of nitrogens with zero attached hydrogens (tertiary/aromatic N) is 1. The lowest BCUT2D eigenvalue weighted by atomic mass is 9.96. The first kappa shape index (κ1) is 16.3. The van der Waals surface area contributed by atoms with Gasteiger partial charge in [0.15, 0.2) is 0 Å². The molecule has 1 N–H and O–H groups in total. The third-order valence-corrected chi connectivity index (χ3v) is 6.43. The molecule has 0 spiro atoms. The van der Waals surface area contributed by atoms with Crippen LogP contribution in [0.3, 0.4) is 0 Å². The number of hydrogen-bond acceptors (Lipinski definition) is 4. The summed E-state index contributed by atoms with van der Waals surface area (Å²) in [6.07, 6.45) is 6.42. The van der Waals surface area contributed by atoms with Crippen LogP contribution in [0.5, 0.6) is 0 Å². The molecule has 2 rings (SSSR count). The molecule has 1 fully saturated rings. The number of benzene rings is 1. The Bertz CT molecular complexity index is 606. The van der Waals surface area contributed by atoms with Crippen molar-refractivity contribution in [1.82, 2.24) is 4.72 Å². The summed E-state index contributed by atoms with van der Waals surface area (Å²) in [6.45, 7) is 0. The SMILES string of the molecule is CSC1CCCC(NS(=O)(=O)c2ccc(CC#N)cc2)C1. The molecule has 6 heteroatoms. The standard InChI is InChI=1S/C15H20N2O2S2/c1-20-14-4-2-3-13(11-14)17-21(18,19)15-7-5-12(6-8-15)9-10-16/h5-8,13-14,17H,2-4,9,11H2,1H3. The predicted molar refractivity (Wildman–Crippen MR) is 85.6 cm³/mol. The molecule has 0 bridgehead atoms. The highest BCUT2D eigenvalue weighted by molar-refractivity contribution is 7.99. The largest absolute Gasteiger partial charge is 0.240 e. The molecular weight excluding hydrogens is 304 g/mol. The van der Waals surface area contributed by atoms with Crippen molar-refractivity contribution < 1.29 is 8.42 Å². The van der Waals surface area contributed by atoms with Crippen molar-refractivity contribution in [2.24, 2.45) is 0 Å². The minimum absolute atomic E-state index is 0.0278. The zero-order valence-electron chi connectivity index (χ0n) is 12.1. The molecule has 0 amide bonds. The summed E-state index contributed by atoms with van der Waals surface area (Å²) in [6, 6.07) is 8.62. The molecular formula is C15H20N2O2S2. The van der Waals surface area contributed by atoms with Gasteiger partial charge < -0.3 is 0 Å². The molecule has 1 aliphatic carbocycles. The van der Waals surface area contributed by atoms with Gasteiger partial charge in [0.25, 0.3) is 0 Å². The summed E-state index contributed by atoms with van der Waals surface area (Å²) < 4.78 is 27.6. The van der Waals surface area contributed by atoms with Gasteiger partial charge in [-0.3, -0.25) is 0 Å². The minimum Gasteiger partial charge on any atom is -0.208 e. The maximum absolute atomic E-state index is 12.4. The van der Waals surface area contributed by atoms with Crippen LogP contribution < -0.4 is 4.72 Å². The first-order valence-electron chi connectivity index (χ1n) is 7.06. The second-order valence-electron chi connectivity index (χ2n) is 5.32. The van der Waals surface area contributed by atoms with E-state index in [4.69, 9.17) is 5.26 Å². The molecule has 1 aromatic carbocycles. The molecule has 2 unspecified atom stereocenters. The Kier molecular flexibility index (Phi) is 5.68. The molecule has 2 atom stereocenters. The number of thioether (sulfide) groups is 1. The average Bonchev–Trinajstić information content (AvgIpc) is 2.48. The van der Waals surface area contributed by atoms with Crippen LogP contribution in [0.25, 0.3) is 0 Å². The number of nitrogens with one attached hydrogen (secondary N) is 1. The van der Waals surface area contributed by atoms with Gasteiger partial charge >= 0.3 is 0 Å². The van der Waals surface area contributed by atoms with Crippen LogP contribution in [-0.2, 0) is 16.4 Å². The van der Waals surface area contributed by atoms with E-state index in [0.717, 1.165) is 24.8 Å². The number of sulfonamides is 1. The van der Waals surface area contributed by atoms with E-state index >= 15 is 0 Å². The Hall–Kier alpha value is -1.03. The molecule has 114 valence electrons. The van der Waals surface area contributed by atoms with Crippen molar-refractivity contribution in [2.45, 2.75) is 48.3 Å². The summed E-state index contributed by atoms with van der Waals surface area (Å²) >= 11 is 1.81. The van der Waals surface area contributed by atoms with Crippen LogP contribution in [0.15, 0.2) is 29.2 Å². The fourth-order valence-electron chi connectivity index (χ4n) is 2.63. The first-order valence-corrected chi connectivity index (χ1v) is 9.83. The highest BCUT2D eigenvalue weighted by Gasteiger charge is 2.26. The first-order chi connectivity index (χ1) is 10.0. The zero-order chi connectivity index (χ0) is 15.3. The lowest BCUT2D eigenvalue weighted by Gasteiger charge is -2.28. The Morgan fingerprint density at radius 1 is 1.33 bits per heavy atom. The third-order valence-electron chi connectivity index (χ3n) is 3.80. The minimum atomic E-state index is -3.47. The Morgan fingerprint density at radius 3 is 2.67 bits per heavy atom. The molecule has 0 radical (unpaired) electrons. The average molecular weight is 324 g/mol. The fraction of sp³-hybridized carbons (Fsp3) is 0.533. The lowest BCUT2D eigenvalue weighted by Crippen LogP contribution is -2.39. The van der Waals surface area contributed by atoms with E-state index in [1.807, 2.05) is 11.8 Å². The van der Waals surface area contributed by atoms with Crippen molar-refractivity contribution >= 4 is 21.8 Å². The summed E-state index contributed by atoms with van der Waals surface area (Å²) in [5.41, 5.74) is 0.830. The molecule has 1 aliphatic rings. The highest BCUT2D eigenvalue weighted by Crippen LogP contribution is 2.27. The summed E-state index contributed by atoms with van der Waals surface area (Å²) in [5.74, 6) is 0. The Labute approximate surface area is 131 Å². The number of nitriles is 1. The van der Waals surface area contributed by atoms with Gasteiger partial charge in [-0.05, 0) is 43.2 Å². The predicted octanol–water partition coefficient (Wildman–Crippen LogP) is 2.71. The summed E-state index contributed by atoms with van der Waals surface area (Å²) in [5, 5.41) is 9.18. The van der Waals surface area contributed by atoms with Crippen molar-refractivity contribution in [3.05, 3.63) is 29.8 Å². The second kappa shape index (κ2) is 7.30. The van der Waals surface area contributed by atoms with E-state index in [2.05, 4.69) is 17.0 Å². The number of hydrogen-bond donors (Lipinski definition) is 1. The van der Waals surface area contributed by atoms with Gasteiger partial charge in [-0.2, -0.15) is 17.0 Å². The molecule has 1 aromatic rings. The van der Waals surface area contributed by atoms with Crippen molar-refractivity contribution in [3.63, 3.8) is 0 Å². The van der Waals surface area contributed by atoms with Crippen molar-refractivity contribution in [3.8, 4) is 6.07 Å². The molecule has 4 nitrogen and oxygen atoms in total. The maximum Gasteiger partial charge on any atom is 0.240 e. The molecule has 21 heavy (non-hydrogen) atoms. The Morgan fingerprint density at radius 2 is 2.05 bits per heavy atom. The quantitative estimate of drug-likeness (QED) is 0.904. The van der Waals surface area contributed by atoms with E-state index in [9.17, 15) is 8.42 Å². The van der Waals surface area contributed by atoms with Crippen LogP contribution >= 0.6 is 11.8 Å². The van der Waals surface area contributed by atoms with E-state index in [1.54, 1.807) is 24.3 Å². The van der Waals surface area contributed by atoms with E-state index in [-0.39, 0.29) is 10.9 Å². The summed E-state index contributed by atoms with van der Waals surface area (Å²) in [4.78, 5) is 0.274.